The van der Waals surface area contributed by atoms with Crippen molar-refractivity contribution in [2.45, 2.75) is 31.1 Å². The highest BCUT2D eigenvalue weighted by molar-refractivity contribution is 7.89. The molecule has 0 radical (unpaired) electrons. The van der Waals surface area contributed by atoms with E-state index in [0.717, 1.165) is 17.7 Å². The minimum absolute atomic E-state index is 0.00284. The molecule has 1 fully saturated rings. The van der Waals surface area contributed by atoms with E-state index in [1.165, 1.54) is 41.5 Å². The number of carbonyl (C=O) groups is 1. The van der Waals surface area contributed by atoms with E-state index >= 15 is 0 Å². The van der Waals surface area contributed by atoms with E-state index in [9.17, 15) is 13.2 Å². The van der Waals surface area contributed by atoms with Crippen LogP contribution in [0.3, 0.4) is 0 Å². The number of piperazine rings is 1. The molecule has 0 saturated carbocycles. The third-order valence-electron chi connectivity index (χ3n) is 6.05. The van der Waals surface area contributed by atoms with Gasteiger partial charge in [0.1, 0.15) is 16.4 Å². The zero-order chi connectivity index (χ0) is 22.2. The molecule has 0 N–H and O–H groups in total. The van der Waals surface area contributed by atoms with Gasteiger partial charge in [-0.2, -0.15) is 4.31 Å². The Hall–Kier alpha value is -2.10. The van der Waals surface area contributed by atoms with Crippen molar-refractivity contribution >= 4 is 27.3 Å². The summed E-state index contributed by atoms with van der Waals surface area (Å²) in [5, 5.41) is 0. The lowest BCUT2D eigenvalue weighted by Gasteiger charge is -2.34. The molecule has 31 heavy (non-hydrogen) atoms. The smallest absolute Gasteiger partial charge is 0.264 e. The zero-order valence-corrected chi connectivity index (χ0v) is 19.7. The maximum atomic E-state index is 13.2. The number of benzene rings is 1. The number of fused-ring (bicyclic) bond motifs is 1. The van der Waals surface area contributed by atoms with Crippen molar-refractivity contribution in [2.24, 2.45) is 5.92 Å². The van der Waals surface area contributed by atoms with Crippen LogP contribution >= 0.6 is 11.3 Å². The van der Waals surface area contributed by atoms with Gasteiger partial charge in [-0.15, -0.1) is 11.3 Å². The van der Waals surface area contributed by atoms with Crippen molar-refractivity contribution in [2.75, 3.05) is 40.4 Å². The lowest BCUT2D eigenvalue weighted by molar-refractivity contribution is 0.0702. The molecule has 1 saturated heterocycles. The van der Waals surface area contributed by atoms with Crippen LogP contribution in [-0.4, -0.2) is 63.9 Å². The molecule has 1 atom stereocenters. The minimum atomic E-state index is -3.77. The first-order valence-corrected chi connectivity index (χ1v) is 12.7. The number of carbonyl (C=O) groups excluding carboxylic acids is 1. The Morgan fingerprint density at radius 1 is 1.10 bits per heavy atom. The molecule has 2 aliphatic rings. The van der Waals surface area contributed by atoms with E-state index in [1.807, 2.05) is 6.07 Å². The maximum absolute atomic E-state index is 13.2. The largest absolute Gasteiger partial charge is 0.497 e. The molecule has 2 heterocycles. The average molecular weight is 465 g/mol. The van der Waals surface area contributed by atoms with Crippen molar-refractivity contribution in [1.82, 2.24) is 9.21 Å². The van der Waals surface area contributed by atoms with E-state index < -0.39 is 10.0 Å². The monoisotopic (exact) mass is 464 g/mol. The quantitative estimate of drug-likeness (QED) is 0.680. The van der Waals surface area contributed by atoms with Gasteiger partial charge in [-0.25, -0.2) is 8.42 Å². The summed E-state index contributed by atoms with van der Waals surface area (Å²) in [4.78, 5) is 17.0. The first-order valence-electron chi connectivity index (χ1n) is 10.5. The number of hydrogen-bond acceptors (Lipinski definition) is 6. The highest BCUT2D eigenvalue weighted by Crippen LogP contribution is 2.34. The van der Waals surface area contributed by atoms with Gasteiger partial charge in [0.25, 0.3) is 5.91 Å². The molecule has 0 bridgehead atoms. The van der Waals surface area contributed by atoms with Crippen LogP contribution in [0.15, 0.2) is 29.2 Å². The van der Waals surface area contributed by atoms with Crippen molar-refractivity contribution in [3.8, 4) is 11.5 Å². The number of amides is 1. The summed E-state index contributed by atoms with van der Waals surface area (Å²) in [7, 11) is -0.832. The van der Waals surface area contributed by atoms with Gasteiger partial charge >= 0.3 is 0 Å². The maximum Gasteiger partial charge on any atom is 0.264 e. The van der Waals surface area contributed by atoms with Crippen LogP contribution in [0.4, 0.5) is 0 Å². The van der Waals surface area contributed by atoms with Crippen LogP contribution in [0.1, 0.15) is 33.5 Å². The number of ether oxygens (including phenoxy) is 2. The molecule has 9 heteroatoms. The predicted octanol–water partition coefficient (Wildman–Crippen LogP) is 3.04. The highest BCUT2D eigenvalue weighted by atomic mass is 32.2. The van der Waals surface area contributed by atoms with Crippen molar-refractivity contribution in [3.05, 3.63) is 39.6 Å². The molecule has 1 aliphatic heterocycles. The van der Waals surface area contributed by atoms with Crippen LogP contribution in [0.5, 0.6) is 11.5 Å². The minimum Gasteiger partial charge on any atom is -0.497 e. The van der Waals surface area contributed by atoms with Crippen molar-refractivity contribution in [1.29, 1.82) is 0 Å². The van der Waals surface area contributed by atoms with Gasteiger partial charge in [0.05, 0.1) is 19.1 Å². The number of thiophene rings is 1. The van der Waals surface area contributed by atoms with Crippen LogP contribution < -0.4 is 9.47 Å². The van der Waals surface area contributed by atoms with Gasteiger partial charge in [-0.1, -0.05) is 6.92 Å². The van der Waals surface area contributed by atoms with Crippen LogP contribution in [-0.2, 0) is 22.9 Å². The summed E-state index contributed by atoms with van der Waals surface area (Å²) in [6.07, 6.45) is 3.25. The van der Waals surface area contributed by atoms with Crippen LogP contribution in [0.2, 0.25) is 0 Å². The lowest BCUT2D eigenvalue weighted by Crippen LogP contribution is -2.50. The van der Waals surface area contributed by atoms with E-state index in [-0.39, 0.29) is 29.6 Å². The second-order valence-electron chi connectivity index (χ2n) is 8.12. The second kappa shape index (κ2) is 8.80. The molecular formula is C22H28N2O5S2. The van der Waals surface area contributed by atoms with Crippen LogP contribution in [0.25, 0.3) is 0 Å². The molecule has 2 aromatic rings. The Bertz CT molecular complexity index is 1070. The van der Waals surface area contributed by atoms with Gasteiger partial charge in [-0.05, 0) is 48.9 Å². The molecule has 1 aliphatic carbocycles. The third-order valence-corrected chi connectivity index (χ3v) is 9.20. The number of sulfonamides is 1. The summed E-state index contributed by atoms with van der Waals surface area (Å²) in [6.45, 7) is 3.47. The van der Waals surface area contributed by atoms with Crippen LogP contribution in [0, 0.1) is 5.92 Å². The standard InChI is InChI=1S/C22H28N2O5S2/c1-15-4-7-19-16(12-15)13-20(30-19)22(25)23-8-10-24(11-9-23)31(26,27)21-14-17(28-2)5-6-18(21)29-3/h5-6,13-15H,4,7-12H2,1-3H3/t15-/m0/s1. The van der Waals surface area contributed by atoms with Gasteiger partial charge in [0, 0.05) is 37.1 Å². The Labute approximate surface area is 187 Å². The fraction of sp³-hybridized carbons (Fsp3) is 0.500. The third kappa shape index (κ3) is 4.31. The van der Waals surface area contributed by atoms with Gasteiger partial charge < -0.3 is 14.4 Å². The molecule has 1 amide bonds. The number of methoxy groups -OCH3 is 2. The molecule has 1 aromatic carbocycles. The predicted molar refractivity (Wildman–Crippen MR) is 120 cm³/mol. The Morgan fingerprint density at radius 3 is 2.52 bits per heavy atom. The topological polar surface area (TPSA) is 76.2 Å². The number of hydrogen-bond donors (Lipinski definition) is 0. The molecular weight excluding hydrogens is 436 g/mol. The first-order chi connectivity index (χ1) is 14.8. The Morgan fingerprint density at radius 2 is 1.84 bits per heavy atom. The molecule has 0 unspecified atom stereocenters. The van der Waals surface area contributed by atoms with Crippen molar-refractivity contribution < 1.29 is 22.7 Å². The molecule has 1 aromatic heterocycles. The normalized spacial score (nSPS) is 19.7. The number of rotatable bonds is 5. The summed E-state index contributed by atoms with van der Waals surface area (Å²) >= 11 is 1.60. The van der Waals surface area contributed by atoms with E-state index in [4.69, 9.17) is 9.47 Å². The Balaban J connectivity index is 1.47. The lowest BCUT2D eigenvalue weighted by atomic mass is 9.90. The molecule has 7 nitrogen and oxygen atoms in total. The summed E-state index contributed by atoms with van der Waals surface area (Å²) < 4.78 is 38.3. The van der Waals surface area contributed by atoms with Gasteiger partial charge in [0.15, 0.2) is 0 Å². The fourth-order valence-electron chi connectivity index (χ4n) is 4.22. The van der Waals surface area contributed by atoms with E-state index in [1.54, 1.807) is 28.4 Å². The summed E-state index contributed by atoms with van der Waals surface area (Å²) in [5.41, 5.74) is 1.30. The van der Waals surface area contributed by atoms with E-state index in [0.29, 0.717) is 24.8 Å². The van der Waals surface area contributed by atoms with Gasteiger partial charge in [-0.3, -0.25) is 4.79 Å². The molecule has 4 rings (SSSR count). The average Bonchev–Trinajstić information content (AvgIpc) is 3.21. The first kappa shape index (κ1) is 22.1. The number of aryl methyl sites for hydroxylation is 1. The highest BCUT2D eigenvalue weighted by Gasteiger charge is 2.33. The second-order valence-corrected chi connectivity index (χ2v) is 11.2. The number of nitrogens with zero attached hydrogens (tertiary/aromatic N) is 2. The Kier molecular flexibility index (Phi) is 6.27. The fourth-order valence-corrected chi connectivity index (χ4v) is 6.99. The summed E-state index contributed by atoms with van der Waals surface area (Å²) in [6, 6.07) is 6.77. The SMILES string of the molecule is COc1ccc(OC)c(S(=O)(=O)N2CCN(C(=O)c3cc4c(s3)CC[C@H](C)C4)CC2)c1. The molecule has 0 spiro atoms. The summed E-state index contributed by atoms with van der Waals surface area (Å²) in [5.74, 6) is 1.39. The van der Waals surface area contributed by atoms with Gasteiger partial charge in [0.2, 0.25) is 10.0 Å². The zero-order valence-electron chi connectivity index (χ0n) is 18.1. The van der Waals surface area contributed by atoms with Crippen molar-refractivity contribution in [3.63, 3.8) is 0 Å². The molecule has 168 valence electrons. The van der Waals surface area contributed by atoms with E-state index in [2.05, 4.69) is 6.92 Å².